The van der Waals surface area contributed by atoms with E-state index in [1.54, 1.807) is 48.5 Å². The van der Waals surface area contributed by atoms with Gasteiger partial charge in [-0.2, -0.15) is 0 Å². The molecule has 0 fully saturated rings. The minimum atomic E-state index is -0.163. The molecule has 2 heterocycles. The van der Waals surface area contributed by atoms with Crippen molar-refractivity contribution in [3.63, 3.8) is 0 Å². The summed E-state index contributed by atoms with van der Waals surface area (Å²) in [5.74, 6) is 0.893. The monoisotopic (exact) mass is 297 g/mol. The number of pyridine rings is 1. The number of nitrogens with one attached hydrogen (secondary N) is 1. The highest BCUT2D eigenvalue weighted by molar-refractivity contribution is 5.98. The number of benzene rings is 1. The van der Waals surface area contributed by atoms with Gasteiger partial charge in [0, 0.05) is 13.2 Å². The number of hydrogen-bond acceptors (Lipinski definition) is 4. The van der Waals surface area contributed by atoms with Crippen molar-refractivity contribution in [2.75, 3.05) is 23.9 Å². The van der Waals surface area contributed by atoms with Crippen molar-refractivity contribution in [1.82, 2.24) is 4.98 Å². The van der Waals surface area contributed by atoms with Gasteiger partial charge in [-0.3, -0.25) is 9.59 Å². The molecule has 112 valence electrons. The number of carbonyl (C=O) groups excluding carboxylic acids is 2. The molecule has 1 aliphatic rings. The number of ether oxygens (including phenoxy) is 1. The van der Waals surface area contributed by atoms with Crippen LogP contribution in [0.1, 0.15) is 5.56 Å². The van der Waals surface area contributed by atoms with Crippen LogP contribution >= 0.6 is 0 Å². The van der Waals surface area contributed by atoms with Gasteiger partial charge in [0.25, 0.3) is 5.91 Å². The van der Waals surface area contributed by atoms with Crippen LogP contribution in [0.3, 0.4) is 0 Å². The Labute approximate surface area is 127 Å². The Kier molecular flexibility index (Phi) is 3.74. The molecule has 3 rings (SSSR count). The highest BCUT2D eigenvalue weighted by Gasteiger charge is 2.22. The first-order chi connectivity index (χ1) is 10.6. The van der Waals surface area contributed by atoms with Crippen LogP contribution in [0.15, 0.2) is 42.6 Å². The standard InChI is InChI=1S/C16H15N3O3/c1-19-12-8-11(5-6-13(12)22-10-16(19)21)9-15(20)18-14-4-2-3-7-17-14/h2-8H,9-10H2,1H3,(H,17,18,20). The van der Waals surface area contributed by atoms with E-state index >= 15 is 0 Å². The lowest BCUT2D eigenvalue weighted by Gasteiger charge is -2.26. The van der Waals surface area contributed by atoms with E-state index in [1.807, 2.05) is 6.07 Å². The SMILES string of the molecule is CN1C(=O)COc2ccc(CC(=O)Nc3ccccn3)cc21. The summed E-state index contributed by atoms with van der Waals surface area (Å²) in [5.41, 5.74) is 1.48. The van der Waals surface area contributed by atoms with Gasteiger partial charge < -0.3 is 15.0 Å². The smallest absolute Gasteiger partial charge is 0.264 e. The molecule has 1 aromatic carbocycles. The van der Waals surface area contributed by atoms with E-state index < -0.39 is 0 Å². The molecule has 6 heteroatoms. The molecular weight excluding hydrogens is 282 g/mol. The minimum absolute atomic E-state index is 0.0447. The van der Waals surface area contributed by atoms with Gasteiger partial charge in [0.15, 0.2) is 6.61 Å². The molecule has 22 heavy (non-hydrogen) atoms. The molecule has 2 amide bonds. The second-order valence-corrected chi connectivity index (χ2v) is 4.98. The Morgan fingerprint density at radius 2 is 2.23 bits per heavy atom. The third-order valence-corrected chi connectivity index (χ3v) is 3.41. The Hall–Kier alpha value is -2.89. The maximum atomic E-state index is 12.0. The van der Waals surface area contributed by atoms with Crippen molar-refractivity contribution in [1.29, 1.82) is 0 Å². The fourth-order valence-corrected chi connectivity index (χ4v) is 2.24. The van der Waals surface area contributed by atoms with Gasteiger partial charge in [-0.1, -0.05) is 12.1 Å². The number of rotatable bonds is 3. The largest absolute Gasteiger partial charge is 0.482 e. The van der Waals surface area contributed by atoms with Gasteiger partial charge in [-0.25, -0.2) is 4.98 Å². The summed E-state index contributed by atoms with van der Waals surface area (Å²) in [6.45, 7) is 0.0447. The van der Waals surface area contributed by atoms with Gasteiger partial charge >= 0.3 is 0 Å². The van der Waals surface area contributed by atoms with Crippen LogP contribution in [0.4, 0.5) is 11.5 Å². The molecule has 1 N–H and O–H groups in total. The first kappa shape index (κ1) is 14.1. The number of aromatic nitrogens is 1. The molecule has 1 aromatic heterocycles. The maximum Gasteiger partial charge on any atom is 0.264 e. The summed E-state index contributed by atoms with van der Waals surface area (Å²) in [4.78, 5) is 29.3. The minimum Gasteiger partial charge on any atom is -0.482 e. The number of nitrogens with zero attached hydrogens (tertiary/aromatic N) is 2. The van der Waals surface area contributed by atoms with Gasteiger partial charge in [0.2, 0.25) is 5.91 Å². The average Bonchev–Trinajstić information content (AvgIpc) is 2.52. The van der Waals surface area contributed by atoms with Crippen LogP contribution in [-0.2, 0) is 16.0 Å². The Bertz CT molecular complexity index is 716. The van der Waals surface area contributed by atoms with E-state index in [4.69, 9.17) is 4.74 Å². The molecule has 6 nitrogen and oxygen atoms in total. The maximum absolute atomic E-state index is 12.0. The number of anilines is 2. The van der Waals surface area contributed by atoms with E-state index in [1.165, 1.54) is 0 Å². The second-order valence-electron chi connectivity index (χ2n) is 4.98. The molecule has 0 saturated carbocycles. The van der Waals surface area contributed by atoms with E-state index in [-0.39, 0.29) is 24.8 Å². The number of hydrogen-bond donors (Lipinski definition) is 1. The zero-order valence-corrected chi connectivity index (χ0v) is 12.1. The van der Waals surface area contributed by atoms with Crippen molar-refractivity contribution >= 4 is 23.3 Å². The first-order valence-corrected chi connectivity index (χ1v) is 6.86. The van der Waals surface area contributed by atoms with Crippen LogP contribution in [-0.4, -0.2) is 30.5 Å². The third kappa shape index (κ3) is 2.90. The summed E-state index contributed by atoms with van der Waals surface area (Å²) in [6.07, 6.45) is 1.82. The fraction of sp³-hybridized carbons (Fsp3) is 0.188. The van der Waals surface area contributed by atoms with E-state index in [2.05, 4.69) is 10.3 Å². The summed E-state index contributed by atoms with van der Waals surface area (Å²) in [7, 11) is 1.70. The average molecular weight is 297 g/mol. The molecule has 0 atom stereocenters. The highest BCUT2D eigenvalue weighted by Crippen LogP contribution is 2.32. The van der Waals surface area contributed by atoms with E-state index in [0.29, 0.717) is 17.3 Å². The van der Waals surface area contributed by atoms with Crippen molar-refractivity contribution in [2.45, 2.75) is 6.42 Å². The van der Waals surface area contributed by atoms with Crippen molar-refractivity contribution in [2.24, 2.45) is 0 Å². The normalized spacial score (nSPS) is 13.3. The number of likely N-dealkylation sites (N-methyl/N-ethyl adjacent to an activating group) is 1. The van der Waals surface area contributed by atoms with Gasteiger partial charge in [-0.15, -0.1) is 0 Å². The van der Waals surface area contributed by atoms with Gasteiger partial charge in [-0.05, 0) is 29.8 Å². The molecule has 0 unspecified atom stereocenters. The first-order valence-electron chi connectivity index (χ1n) is 6.86. The van der Waals surface area contributed by atoms with E-state index in [9.17, 15) is 9.59 Å². The van der Waals surface area contributed by atoms with Crippen molar-refractivity contribution in [3.8, 4) is 5.75 Å². The second kappa shape index (κ2) is 5.85. The lowest BCUT2D eigenvalue weighted by molar-refractivity contribution is -0.121. The Morgan fingerprint density at radius 3 is 3.00 bits per heavy atom. The number of carbonyl (C=O) groups is 2. The summed E-state index contributed by atoms with van der Waals surface area (Å²) in [5, 5.41) is 2.73. The van der Waals surface area contributed by atoms with Crippen LogP contribution in [0, 0.1) is 0 Å². The lowest BCUT2D eigenvalue weighted by atomic mass is 10.1. The Balaban J connectivity index is 1.73. The van der Waals surface area contributed by atoms with Gasteiger partial charge in [0.05, 0.1) is 12.1 Å². The number of amides is 2. The van der Waals surface area contributed by atoms with Gasteiger partial charge in [0.1, 0.15) is 11.6 Å². The lowest BCUT2D eigenvalue weighted by Crippen LogP contribution is -2.35. The molecule has 0 bridgehead atoms. The van der Waals surface area contributed by atoms with Crippen LogP contribution in [0.5, 0.6) is 5.75 Å². The molecule has 0 radical (unpaired) electrons. The predicted octanol–water partition coefficient (Wildman–Crippen LogP) is 1.62. The summed E-state index contributed by atoms with van der Waals surface area (Å²) in [6, 6.07) is 10.7. The van der Waals surface area contributed by atoms with Crippen LogP contribution in [0.25, 0.3) is 0 Å². The topological polar surface area (TPSA) is 71.5 Å². The molecule has 0 saturated heterocycles. The van der Waals surface area contributed by atoms with Crippen molar-refractivity contribution < 1.29 is 14.3 Å². The highest BCUT2D eigenvalue weighted by atomic mass is 16.5. The van der Waals surface area contributed by atoms with Crippen molar-refractivity contribution in [3.05, 3.63) is 48.2 Å². The van der Waals surface area contributed by atoms with Crippen LogP contribution < -0.4 is 15.0 Å². The quantitative estimate of drug-likeness (QED) is 0.934. The zero-order valence-electron chi connectivity index (χ0n) is 12.1. The van der Waals surface area contributed by atoms with E-state index in [0.717, 1.165) is 5.56 Å². The van der Waals surface area contributed by atoms with Crippen LogP contribution in [0.2, 0.25) is 0 Å². The molecule has 0 spiro atoms. The molecule has 0 aliphatic carbocycles. The Morgan fingerprint density at radius 1 is 1.36 bits per heavy atom. The summed E-state index contributed by atoms with van der Waals surface area (Å²) >= 11 is 0. The number of fused-ring (bicyclic) bond motifs is 1. The molecular formula is C16H15N3O3. The summed E-state index contributed by atoms with van der Waals surface area (Å²) < 4.78 is 5.36. The predicted molar refractivity (Wildman–Crippen MR) is 81.9 cm³/mol. The third-order valence-electron chi connectivity index (χ3n) is 3.41. The molecule has 1 aliphatic heterocycles. The molecule has 2 aromatic rings. The fourth-order valence-electron chi connectivity index (χ4n) is 2.24. The zero-order chi connectivity index (χ0) is 15.5.